The van der Waals surface area contributed by atoms with Gasteiger partial charge in [-0.15, -0.1) is 11.6 Å². The summed E-state index contributed by atoms with van der Waals surface area (Å²) in [7, 11) is 1.67. The lowest BCUT2D eigenvalue weighted by Crippen LogP contribution is -1.86. The molecule has 1 aromatic rings. The maximum atomic E-state index is 5.68. The van der Waals surface area contributed by atoms with Crippen molar-refractivity contribution >= 4 is 11.6 Å². The number of ether oxygens (including phenoxy) is 1. The number of hydrogen-bond donors (Lipinski definition) is 0. The molecule has 1 aromatic carbocycles. The van der Waals surface area contributed by atoms with E-state index in [2.05, 4.69) is 18.2 Å². The molecular formula is C12H15ClO. The molecule has 1 rings (SSSR count). The van der Waals surface area contributed by atoms with Gasteiger partial charge in [0.15, 0.2) is 0 Å². The van der Waals surface area contributed by atoms with Gasteiger partial charge in [0.2, 0.25) is 0 Å². The maximum absolute atomic E-state index is 5.68. The van der Waals surface area contributed by atoms with Crippen LogP contribution in [0.5, 0.6) is 5.75 Å². The van der Waals surface area contributed by atoms with Crippen molar-refractivity contribution in [1.29, 1.82) is 0 Å². The molecule has 0 bridgehead atoms. The molecule has 2 heteroatoms. The van der Waals surface area contributed by atoms with E-state index in [4.69, 9.17) is 16.3 Å². The third-order valence-corrected chi connectivity index (χ3v) is 2.48. The summed E-state index contributed by atoms with van der Waals surface area (Å²) in [5.41, 5.74) is 2.48. The molecule has 14 heavy (non-hydrogen) atoms. The van der Waals surface area contributed by atoms with Crippen molar-refractivity contribution in [3.63, 3.8) is 0 Å². The van der Waals surface area contributed by atoms with E-state index in [1.165, 1.54) is 11.1 Å². The molecule has 0 aliphatic carbocycles. The fourth-order valence-corrected chi connectivity index (χ4v) is 1.22. The molecule has 0 saturated carbocycles. The van der Waals surface area contributed by atoms with Crippen LogP contribution in [0.4, 0.5) is 0 Å². The normalized spacial score (nSPS) is 11.5. The Labute approximate surface area is 90.3 Å². The van der Waals surface area contributed by atoms with Gasteiger partial charge in [0.25, 0.3) is 0 Å². The standard InChI is InChI=1S/C12H15ClO/c1-10(9-13)3-4-11-5-7-12(14-2)8-6-11/h3,5-8H,4,9H2,1-2H3. The Balaban J connectivity index is 2.60. The van der Waals surface area contributed by atoms with Crippen molar-refractivity contribution in [2.24, 2.45) is 0 Å². The Bertz CT molecular complexity index is 301. The van der Waals surface area contributed by atoms with Crippen LogP contribution in [0.1, 0.15) is 12.5 Å². The summed E-state index contributed by atoms with van der Waals surface area (Å²) in [5.74, 6) is 1.50. The summed E-state index contributed by atoms with van der Waals surface area (Å²) in [6.45, 7) is 2.04. The van der Waals surface area contributed by atoms with Crippen molar-refractivity contribution in [1.82, 2.24) is 0 Å². The fourth-order valence-electron chi connectivity index (χ4n) is 1.11. The Kier molecular flexibility index (Phi) is 4.54. The van der Waals surface area contributed by atoms with E-state index in [9.17, 15) is 0 Å². The number of allylic oxidation sites excluding steroid dienone is 2. The highest BCUT2D eigenvalue weighted by Crippen LogP contribution is 2.12. The minimum Gasteiger partial charge on any atom is -0.497 e. The highest BCUT2D eigenvalue weighted by molar-refractivity contribution is 6.19. The number of alkyl halides is 1. The van der Waals surface area contributed by atoms with Crippen LogP contribution >= 0.6 is 11.6 Å². The number of benzene rings is 1. The second kappa shape index (κ2) is 5.71. The molecule has 0 aliphatic rings. The van der Waals surface area contributed by atoms with Gasteiger partial charge in [0.05, 0.1) is 7.11 Å². The van der Waals surface area contributed by atoms with E-state index < -0.39 is 0 Å². The van der Waals surface area contributed by atoms with Gasteiger partial charge in [-0.05, 0) is 31.0 Å². The second-order valence-electron chi connectivity index (χ2n) is 3.24. The molecule has 0 saturated heterocycles. The lowest BCUT2D eigenvalue weighted by atomic mass is 10.1. The van der Waals surface area contributed by atoms with Gasteiger partial charge >= 0.3 is 0 Å². The molecule has 0 heterocycles. The predicted octanol–water partition coefficient (Wildman–Crippen LogP) is 3.42. The average Bonchev–Trinajstić information content (AvgIpc) is 2.26. The molecule has 0 spiro atoms. The smallest absolute Gasteiger partial charge is 0.118 e. The minimum atomic E-state index is 0.607. The summed E-state index contributed by atoms with van der Waals surface area (Å²) >= 11 is 5.68. The quantitative estimate of drug-likeness (QED) is 0.547. The van der Waals surface area contributed by atoms with E-state index >= 15 is 0 Å². The van der Waals surface area contributed by atoms with Crippen LogP contribution in [-0.4, -0.2) is 13.0 Å². The summed E-state index contributed by atoms with van der Waals surface area (Å²) in [6, 6.07) is 8.08. The topological polar surface area (TPSA) is 9.23 Å². The van der Waals surface area contributed by atoms with E-state index in [1.54, 1.807) is 7.11 Å². The molecule has 0 N–H and O–H groups in total. The van der Waals surface area contributed by atoms with Crippen LogP contribution < -0.4 is 4.74 Å². The van der Waals surface area contributed by atoms with Crippen LogP contribution in [0, 0.1) is 0 Å². The third-order valence-electron chi connectivity index (χ3n) is 2.06. The van der Waals surface area contributed by atoms with Crippen LogP contribution in [0.2, 0.25) is 0 Å². The zero-order valence-corrected chi connectivity index (χ0v) is 9.34. The van der Waals surface area contributed by atoms with Gasteiger partial charge < -0.3 is 4.74 Å². The first kappa shape index (κ1) is 11.1. The molecule has 0 aliphatic heterocycles. The zero-order valence-electron chi connectivity index (χ0n) is 8.59. The predicted molar refractivity (Wildman–Crippen MR) is 61.2 cm³/mol. The van der Waals surface area contributed by atoms with Crippen molar-refractivity contribution in [2.75, 3.05) is 13.0 Å². The maximum Gasteiger partial charge on any atom is 0.118 e. The SMILES string of the molecule is COc1ccc(CC=C(C)CCl)cc1. The molecule has 0 amide bonds. The Hall–Kier alpha value is -0.950. The van der Waals surface area contributed by atoms with E-state index in [0.29, 0.717) is 5.88 Å². The van der Waals surface area contributed by atoms with Gasteiger partial charge in [0, 0.05) is 5.88 Å². The van der Waals surface area contributed by atoms with Gasteiger partial charge in [-0.1, -0.05) is 23.8 Å². The first-order chi connectivity index (χ1) is 6.76. The van der Waals surface area contributed by atoms with Crippen molar-refractivity contribution in [2.45, 2.75) is 13.3 Å². The number of rotatable bonds is 4. The molecule has 0 radical (unpaired) electrons. The monoisotopic (exact) mass is 210 g/mol. The van der Waals surface area contributed by atoms with Crippen LogP contribution in [0.3, 0.4) is 0 Å². The summed E-state index contributed by atoms with van der Waals surface area (Å²) in [4.78, 5) is 0. The summed E-state index contributed by atoms with van der Waals surface area (Å²) < 4.78 is 5.08. The molecular weight excluding hydrogens is 196 g/mol. The highest BCUT2D eigenvalue weighted by Gasteiger charge is 1.92. The molecule has 0 unspecified atom stereocenters. The minimum absolute atomic E-state index is 0.607. The molecule has 0 atom stereocenters. The Morgan fingerprint density at radius 2 is 2.00 bits per heavy atom. The van der Waals surface area contributed by atoms with Crippen molar-refractivity contribution in [3.8, 4) is 5.75 Å². The second-order valence-corrected chi connectivity index (χ2v) is 3.50. The number of halogens is 1. The van der Waals surface area contributed by atoms with Gasteiger partial charge in [-0.25, -0.2) is 0 Å². The molecule has 76 valence electrons. The van der Waals surface area contributed by atoms with Gasteiger partial charge in [-0.3, -0.25) is 0 Å². The highest BCUT2D eigenvalue weighted by atomic mass is 35.5. The number of methoxy groups -OCH3 is 1. The Morgan fingerprint density at radius 3 is 2.50 bits per heavy atom. The van der Waals surface area contributed by atoms with E-state index in [1.807, 2.05) is 19.1 Å². The van der Waals surface area contributed by atoms with Crippen LogP contribution in [0.25, 0.3) is 0 Å². The lowest BCUT2D eigenvalue weighted by Gasteiger charge is -2.01. The van der Waals surface area contributed by atoms with Gasteiger partial charge in [0.1, 0.15) is 5.75 Å². The van der Waals surface area contributed by atoms with E-state index in [0.717, 1.165) is 12.2 Å². The van der Waals surface area contributed by atoms with Gasteiger partial charge in [-0.2, -0.15) is 0 Å². The lowest BCUT2D eigenvalue weighted by molar-refractivity contribution is 0.414. The summed E-state index contributed by atoms with van der Waals surface area (Å²) in [5, 5.41) is 0. The van der Waals surface area contributed by atoms with Crippen LogP contribution in [0.15, 0.2) is 35.9 Å². The van der Waals surface area contributed by atoms with E-state index in [-0.39, 0.29) is 0 Å². The first-order valence-electron chi connectivity index (χ1n) is 4.61. The average molecular weight is 211 g/mol. The summed E-state index contributed by atoms with van der Waals surface area (Å²) in [6.07, 6.45) is 3.08. The molecule has 0 aromatic heterocycles. The van der Waals surface area contributed by atoms with Crippen molar-refractivity contribution < 1.29 is 4.74 Å². The zero-order chi connectivity index (χ0) is 10.4. The third kappa shape index (κ3) is 3.43. The molecule has 0 fully saturated rings. The Morgan fingerprint density at radius 1 is 1.36 bits per heavy atom. The number of hydrogen-bond acceptors (Lipinski definition) is 1. The van der Waals surface area contributed by atoms with Crippen LogP contribution in [-0.2, 0) is 6.42 Å². The van der Waals surface area contributed by atoms with Crippen molar-refractivity contribution in [3.05, 3.63) is 41.5 Å². The largest absolute Gasteiger partial charge is 0.497 e. The fraction of sp³-hybridized carbons (Fsp3) is 0.333. The molecule has 1 nitrogen and oxygen atoms in total. The first-order valence-corrected chi connectivity index (χ1v) is 5.14.